The lowest BCUT2D eigenvalue weighted by Crippen LogP contribution is -2.58. The van der Waals surface area contributed by atoms with E-state index in [0.717, 1.165) is 11.1 Å². The molecular formula is C33H48N4O6. The number of imide groups is 1. The largest absolute Gasteiger partial charge is 0.497 e. The third-order valence-corrected chi connectivity index (χ3v) is 6.96. The topological polar surface area (TPSA) is 135 Å². The van der Waals surface area contributed by atoms with Crippen molar-refractivity contribution >= 4 is 23.8 Å². The standard InChI is InChI=1S/C33H48N4O6/c1-9-22(4)28(34-20-24-13-11-10-12-14-24)31(40)37-29(38)26(19-23-15-17-25(42-8)18-16-23)35-30(39)27(21(2)3)36-32(41)43-33(5,6)7/h10-18,21-22,26-28,34H,9,19-20H2,1-8H3,(H,35,39)(H,36,41)(H,37,38,40)/t22-,26-,27-,28-/m0/s1. The summed E-state index contributed by atoms with van der Waals surface area (Å²) in [5.41, 5.74) is 1.01. The predicted molar refractivity (Wildman–Crippen MR) is 166 cm³/mol. The van der Waals surface area contributed by atoms with E-state index in [-0.39, 0.29) is 18.3 Å². The van der Waals surface area contributed by atoms with Crippen LogP contribution in [-0.4, -0.2) is 54.7 Å². The predicted octanol–water partition coefficient (Wildman–Crippen LogP) is 4.12. The maximum absolute atomic E-state index is 13.6. The molecule has 4 amide bonds. The summed E-state index contributed by atoms with van der Waals surface area (Å²) in [6.07, 6.45) is 0.0814. The average Bonchev–Trinajstić information content (AvgIpc) is 2.95. The Bertz CT molecular complexity index is 1190. The molecule has 0 saturated carbocycles. The van der Waals surface area contributed by atoms with Crippen LogP contribution >= 0.6 is 0 Å². The SMILES string of the molecule is CC[C@H](C)[C@H](NCc1ccccc1)C(=O)NC(=O)[C@H](Cc1ccc(OC)cc1)NC(=O)[C@@H](NC(=O)OC(C)(C)C)C(C)C. The first-order valence-electron chi connectivity index (χ1n) is 14.8. The van der Waals surface area contributed by atoms with Gasteiger partial charge in [-0.2, -0.15) is 0 Å². The van der Waals surface area contributed by atoms with Gasteiger partial charge in [0, 0.05) is 13.0 Å². The molecule has 0 aliphatic heterocycles. The first-order chi connectivity index (χ1) is 20.2. The molecule has 0 fully saturated rings. The fourth-order valence-electron chi connectivity index (χ4n) is 4.34. The van der Waals surface area contributed by atoms with Gasteiger partial charge in [0.25, 0.3) is 0 Å². The van der Waals surface area contributed by atoms with Gasteiger partial charge in [-0.05, 0) is 55.9 Å². The number of methoxy groups -OCH3 is 1. The van der Waals surface area contributed by atoms with E-state index in [4.69, 9.17) is 9.47 Å². The lowest BCUT2D eigenvalue weighted by Gasteiger charge is -2.28. The normalized spacial score (nSPS) is 14.2. The van der Waals surface area contributed by atoms with Crippen molar-refractivity contribution in [2.24, 2.45) is 11.8 Å². The monoisotopic (exact) mass is 596 g/mol. The van der Waals surface area contributed by atoms with Crippen LogP contribution in [0.5, 0.6) is 5.75 Å². The van der Waals surface area contributed by atoms with Crippen molar-refractivity contribution in [2.45, 2.75) is 91.6 Å². The van der Waals surface area contributed by atoms with Crippen LogP contribution in [0.4, 0.5) is 4.79 Å². The maximum Gasteiger partial charge on any atom is 0.408 e. The molecule has 0 saturated heterocycles. The molecule has 10 heteroatoms. The Hall–Kier alpha value is -3.92. The third kappa shape index (κ3) is 12.1. The smallest absolute Gasteiger partial charge is 0.408 e. The first-order valence-corrected chi connectivity index (χ1v) is 14.8. The van der Waals surface area contributed by atoms with Crippen molar-refractivity contribution in [1.29, 1.82) is 0 Å². The number of rotatable bonds is 14. The Labute approximate surface area is 255 Å². The molecule has 0 bridgehead atoms. The zero-order valence-electron chi connectivity index (χ0n) is 26.7. The molecular weight excluding hydrogens is 548 g/mol. The summed E-state index contributed by atoms with van der Waals surface area (Å²) in [7, 11) is 1.56. The van der Waals surface area contributed by atoms with E-state index >= 15 is 0 Å². The van der Waals surface area contributed by atoms with Gasteiger partial charge in [0.05, 0.1) is 13.2 Å². The van der Waals surface area contributed by atoms with E-state index in [1.165, 1.54) is 0 Å². The van der Waals surface area contributed by atoms with Crippen LogP contribution in [0.3, 0.4) is 0 Å². The molecule has 2 rings (SSSR count). The van der Waals surface area contributed by atoms with Gasteiger partial charge < -0.3 is 25.4 Å². The van der Waals surface area contributed by atoms with Gasteiger partial charge in [0.15, 0.2) is 0 Å². The van der Waals surface area contributed by atoms with Gasteiger partial charge in [0.1, 0.15) is 23.4 Å². The summed E-state index contributed by atoms with van der Waals surface area (Å²) in [5.74, 6) is -1.42. The van der Waals surface area contributed by atoms with Gasteiger partial charge in [-0.1, -0.05) is 76.6 Å². The van der Waals surface area contributed by atoms with E-state index in [2.05, 4.69) is 21.3 Å². The summed E-state index contributed by atoms with van der Waals surface area (Å²) < 4.78 is 10.6. The lowest BCUT2D eigenvalue weighted by atomic mass is 9.97. The molecule has 0 radical (unpaired) electrons. The van der Waals surface area contributed by atoms with E-state index in [9.17, 15) is 19.2 Å². The fourth-order valence-corrected chi connectivity index (χ4v) is 4.34. The quantitative estimate of drug-likeness (QED) is 0.258. The number of nitrogens with one attached hydrogen (secondary N) is 4. The van der Waals surface area contributed by atoms with Crippen LogP contribution in [0.2, 0.25) is 0 Å². The summed E-state index contributed by atoms with van der Waals surface area (Å²) in [6, 6.07) is 14.1. The zero-order valence-corrected chi connectivity index (χ0v) is 26.7. The molecule has 0 aromatic heterocycles. The Kier molecular flexibility index (Phi) is 13.7. The number of ether oxygens (including phenoxy) is 2. The summed E-state index contributed by atoms with van der Waals surface area (Å²) >= 11 is 0. The Morgan fingerprint density at radius 1 is 0.791 bits per heavy atom. The molecule has 10 nitrogen and oxygen atoms in total. The Morgan fingerprint density at radius 2 is 1.42 bits per heavy atom. The molecule has 4 N–H and O–H groups in total. The Morgan fingerprint density at radius 3 is 1.95 bits per heavy atom. The Balaban J connectivity index is 2.26. The molecule has 0 unspecified atom stereocenters. The first kappa shape index (κ1) is 35.3. The second-order valence-electron chi connectivity index (χ2n) is 12.1. The van der Waals surface area contributed by atoms with Crippen LogP contribution in [0, 0.1) is 11.8 Å². The molecule has 0 heterocycles. The van der Waals surface area contributed by atoms with Gasteiger partial charge in [-0.25, -0.2) is 4.79 Å². The number of amides is 4. The maximum atomic E-state index is 13.6. The highest BCUT2D eigenvalue weighted by Gasteiger charge is 2.32. The zero-order chi connectivity index (χ0) is 32.2. The van der Waals surface area contributed by atoms with Crippen molar-refractivity contribution in [2.75, 3.05) is 7.11 Å². The molecule has 4 atom stereocenters. The van der Waals surface area contributed by atoms with Crippen LogP contribution < -0.4 is 26.0 Å². The number of carbonyl (C=O) groups excluding carboxylic acids is 4. The van der Waals surface area contributed by atoms with E-state index < -0.39 is 47.5 Å². The lowest BCUT2D eigenvalue weighted by molar-refractivity contribution is -0.136. The number of hydrogen-bond donors (Lipinski definition) is 4. The fraction of sp³-hybridized carbons (Fsp3) is 0.515. The molecule has 43 heavy (non-hydrogen) atoms. The average molecular weight is 597 g/mol. The highest BCUT2D eigenvalue weighted by Crippen LogP contribution is 2.15. The molecule has 0 aliphatic rings. The molecule has 2 aromatic rings. The van der Waals surface area contributed by atoms with Crippen molar-refractivity contribution in [3.63, 3.8) is 0 Å². The minimum absolute atomic E-state index is 0.0607. The minimum atomic E-state index is -1.10. The highest BCUT2D eigenvalue weighted by molar-refractivity contribution is 6.01. The van der Waals surface area contributed by atoms with Gasteiger partial charge in [-0.3, -0.25) is 19.7 Å². The summed E-state index contributed by atoms with van der Waals surface area (Å²) in [6.45, 7) is 13.1. The van der Waals surface area contributed by atoms with Crippen molar-refractivity contribution in [1.82, 2.24) is 21.3 Å². The summed E-state index contributed by atoms with van der Waals surface area (Å²) in [4.78, 5) is 52.9. The van der Waals surface area contributed by atoms with E-state index in [0.29, 0.717) is 18.7 Å². The summed E-state index contributed by atoms with van der Waals surface area (Å²) in [5, 5.41) is 11.2. The van der Waals surface area contributed by atoms with E-state index in [1.54, 1.807) is 66.0 Å². The van der Waals surface area contributed by atoms with Crippen LogP contribution in [0.15, 0.2) is 54.6 Å². The van der Waals surface area contributed by atoms with Crippen molar-refractivity contribution in [3.05, 3.63) is 65.7 Å². The highest BCUT2D eigenvalue weighted by atomic mass is 16.6. The molecule has 2 aromatic carbocycles. The third-order valence-electron chi connectivity index (χ3n) is 6.96. The molecule has 0 spiro atoms. The van der Waals surface area contributed by atoms with Gasteiger partial charge in [-0.15, -0.1) is 0 Å². The van der Waals surface area contributed by atoms with E-state index in [1.807, 2.05) is 44.2 Å². The second-order valence-corrected chi connectivity index (χ2v) is 12.1. The minimum Gasteiger partial charge on any atom is -0.497 e. The van der Waals surface area contributed by atoms with Crippen LogP contribution in [-0.2, 0) is 32.1 Å². The van der Waals surface area contributed by atoms with Gasteiger partial charge in [0.2, 0.25) is 17.7 Å². The van der Waals surface area contributed by atoms with Crippen molar-refractivity contribution < 1.29 is 28.7 Å². The van der Waals surface area contributed by atoms with Gasteiger partial charge >= 0.3 is 6.09 Å². The molecule has 236 valence electrons. The molecule has 0 aliphatic carbocycles. The number of alkyl carbamates (subject to hydrolysis) is 1. The second kappa shape index (κ2) is 16.6. The van der Waals surface area contributed by atoms with Crippen molar-refractivity contribution in [3.8, 4) is 5.75 Å². The van der Waals surface area contributed by atoms with Crippen LogP contribution in [0.1, 0.15) is 66.0 Å². The number of benzene rings is 2. The number of hydrogen-bond acceptors (Lipinski definition) is 7. The number of carbonyl (C=O) groups is 4. The van der Waals surface area contributed by atoms with Crippen LogP contribution in [0.25, 0.3) is 0 Å².